The molecule has 0 spiro atoms. The van der Waals surface area contributed by atoms with Gasteiger partial charge in [-0.05, 0) is 18.8 Å². The van der Waals surface area contributed by atoms with E-state index in [0.29, 0.717) is 39.0 Å². The van der Waals surface area contributed by atoms with E-state index in [4.69, 9.17) is 24.1 Å². The Balaban J connectivity index is 4.31. The summed E-state index contributed by atoms with van der Waals surface area (Å²) in [5.74, 6) is 0.608. The fourth-order valence-electron chi connectivity index (χ4n) is 2.48. The maximum Gasteiger partial charge on any atom is 0.105 e. The van der Waals surface area contributed by atoms with Crippen molar-refractivity contribution in [1.82, 2.24) is 0 Å². The van der Waals surface area contributed by atoms with Crippen molar-refractivity contribution < 1.29 is 24.1 Å². The van der Waals surface area contributed by atoms with Crippen LogP contribution >= 0.6 is 0 Å². The van der Waals surface area contributed by atoms with E-state index in [0.717, 1.165) is 19.4 Å². The van der Waals surface area contributed by atoms with E-state index < -0.39 is 0 Å². The molecule has 1 N–H and O–H groups in total. The minimum atomic E-state index is -0.146. The smallest absolute Gasteiger partial charge is 0.105 e. The average molecular weight is 361 g/mol. The summed E-state index contributed by atoms with van der Waals surface area (Å²) in [5, 5.41) is 8.89. The predicted octanol–water partition coefficient (Wildman–Crippen LogP) is 3.59. The Kier molecular flexibility index (Phi) is 18.0. The molecule has 0 radical (unpaired) electrons. The van der Waals surface area contributed by atoms with Crippen molar-refractivity contribution in [3.05, 3.63) is 12.7 Å². The highest BCUT2D eigenvalue weighted by atomic mass is 16.6. The van der Waals surface area contributed by atoms with Gasteiger partial charge in [-0.3, -0.25) is 0 Å². The predicted molar refractivity (Wildman–Crippen MR) is 102 cm³/mol. The van der Waals surface area contributed by atoms with Crippen molar-refractivity contribution in [2.45, 2.75) is 65.1 Å². The molecule has 0 aliphatic carbocycles. The maximum absolute atomic E-state index is 8.89. The van der Waals surface area contributed by atoms with Gasteiger partial charge in [-0.15, -0.1) is 6.58 Å². The molecule has 0 aromatic carbocycles. The highest BCUT2D eigenvalue weighted by Crippen LogP contribution is 2.14. The molecular formula is C20H40O5. The number of aliphatic hydroxyl groups excluding tert-OH is 1. The molecule has 0 fully saturated rings. The van der Waals surface area contributed by atoms with Gasteiger partial charge >= 0.3 is 0 Å². The lowest BCUT2D eigenvalue weighted by Gasteiger charge is -2.25. The maximum atomic E-state index is 8.89. The summed E-state index contributed by atoms with van der Waals surface area (Å²) in [6, 6.07) is 0. The van der Waals surface area contributed by atoms with E-state index >= 15 is 0 Å². The third kappa shape index (κ3) is 14.4. The lowest BCUT2D eigenvalue weighted by Crippen LogP contribution is -2.33. The van der Waals surface area contributed by atoms with Crippen molar-refractivity contribution in [1.29, 1.82) is 0 Å². The first kappa shape index (κ1) is 24.5. The van der Waals surface area contributed by atoms with Gasteiger partial charge in [0.1, 0.15) is 6.10 Å². The highest BCUT2D eigenvalue weighted by molar-refractivity contribution is 4.67. The van der Waals surface area contributed by atoms with Crippen molar-refractivity contribution >= 4 is 0 Å². The molecule has 0 saturated carbocycles. The van der Waals surface area contributed by atoms with E-state index in [2.05, 4.69) is 27.4 Å². The van der Waals surface area contributed by atoms with Crippen LogP contribution in [0.5, 0.6) is 0 Å². The number of hydrogen-bond acceptors (Lipinski definition) is 5. The first-order chi connectivity index (χ1) is 12.2. The zero-order valence-electron chi connectivity index (χ0n) is 16.6. The van der Waals surface area contributed by atoms with Gasteiger partial charge in [0.15, 0.2) is 0 Å². The normalized spacial score (nSPS) is 15.0. The summed E-state index contributed by atoms with van der Waals surface area (Å²) in [7, 11) is 0. The molecule has 5 heteroatoms. The van der Waals surface area contributed by atoms with Crippen molar-refractivity contribution in [3.8, 4) is 0 Å². The minimum absolute atomic E-state index is 0.00772. The molecule has 5 nitrogen and oxygen atoms in total. The van der Waals surface area contributed by atoms with Crippen LogP contribution in [0.15, 0.2) is 12.7 Å². The van der Waals surface area contributed by atoms with Crippen LogP contribution < -0.4 is 0 Å². The van der Waals surface area contributed by atoms with Gasteiger partial charge in [-0.2, -0.15) is 0 Å². The molecule has 0 aliphatic heterocycles. The molecule has 0 rings (SSSR count). The first-order valence-corrected chi connectivity index (χ1v) is 9.82. The number of rotatable bonds is 19. The zero-order valence-corrected chi connectivity index (χ0v) is 16.6. The lowest BCUT2D eigenvalue weighted by molar-refractivity contribution is -0.114. The molecule has 3 unspecified atom stereocenters. The van der Waals surface area contributed by atoms with Gasteiger partial charge in [0, 0.05) is 6.61 Å². The van der Waals surface area contributed by atoms with Crippen LogP contribution in [0, 0.1) is 5.92 Å². The second kappa shape index (κ2) is 18.3. The monoisotopic (exact) mass is 360 g/mol. The SMILES string of the molecule is C=CCOCC(CC)OC(COCCO)COCC(CC)CCCC. The summed E-state index contributed by atoms with van der Waals surface area (Å²) in [6.07, 6.45) is 7.29. The number of hydrogen-bond donors (Lipinski definition) is 1. The molecule has 0 aliphatic rings. The zero-order chi connectivity index (χ0) is 18.8. The van der Waals surface area contributed by atoms with Gasteiger partial charge < -0.3 is 24.1 Å². The molecule has 0 bridgehead atoms. The third-order valence-electron chi connectivity index (χ3n) is 4.12. The van der Waals surface area contributed by atoms with Gasteiger partial charge in [0.25, 0.3) is 0 Å². The van der Waals surface area contributed by atoms with Crippen LogP contribution in [-0.4, -0.2) is 63.6 Å². The van der Waals surface area contributed by atoms with Gasteiger partial charge in [0.2, 0.25) is 0 Å². The molecule has 25 heavy (non-hydrogen) atoms. The largest absolute Gasteiger partial charge is 0.394 e. The van der Waals surface area contributed by atoms with Crippen molar-refractivity contribution in [2.75, 3.05) is 46.2 Å². The van der Waals surface area contributed by atoms with E-state index in [1.807, 2.05) is 0 Å². The van der Waals surface area contributed by atoms with Crippen molar-refractivity contribution in [2.24, 2.45) is 5.92 Å². The van der Waals surface area contributed by atoms with Crippen LogP contribution in [-0.2, 0) is 18.9 Å². The molecule has 3 atom stereocenters. The summed E-state index contributed by atoms with van der Waals surface area (Å²) in [4.78, 5) is 0. The van der Waals surface area contributed by atoms with Gasteiger partial charge in [-0.25, -0.2) is 0 Å². The number of aliphatic hydroxyl groups is 1. The molecule has 0 aromatic heterocycles. The molecule has 0 saturated heterocycles. The Bertz CT molecular complexity index is 285. The Labute approximate surface area is 154 Å². The quantitative estimate of drug-likeness (QED) is 0.282. The summed E-state index contributed by atoms with van der Waals surface area (Å²) in [5.41, 5.74) is 0. The number of unbranched alkanes of at least 4 members (excludes halogenated alkanes) is 1. The third-order valence-corrected chi connectivity index (χ3v) is 4.12. The Hall–Kier alpha value is -0.460. The summed E-state index contributed by atoms with van der Waals surface area (Å²) in [6.45, 7) is 13.2. The molecule has 0 aromatic rings. The standard InChI is InChI=1S/C20H40O5/c1-5-9-10-18(7-3)14-24-17-20(16-23-13-11-21)25-19(8-4)15-22-12-6-2/h6,18-21H,2,5,7-17H2,1,3-4H3. The van der Waals surface area contributed by atoms with E-state index in [-0.39, 0.29) is 18.8 Å². The summed E-state index contributed by atoms with van der Waals surface area (Å²) < 4.78 is 23.0. The van der Waals surface area contributed by atoms with E-state index in [1.165, 1.54) is 19.3 Å². The topological polar surface area (TPSA) is 57.2 Å². The van der Waals surface area contributed by atoms with E-state index in [9.17, 15) is 0 Å². The fourth-order valence-corrected chi connectivity index (χ4v) is 2.48. The van der Waals surface area contributed by atoms with Crippen LogP contribution in [0.4, 0.5) is 0 Å². The molecular weight excluding hydrogens is 320 g/mol. The van der Waals surface area contributed by atoms with Gasteiger partial charge in [0.05, 0.1) is 45.7 Å². The van der Waals surface area contributed by atoms with Crippen LogP contribution in [0.2, 0.25) is 0 Å². The summed E-state index contributed by atoms with van der Waals surface area (Å²) >= 11 is 0. The van der Waals surface area contributed by atoms with Crippen LogP contribution in [0.25, 0.3) is 0 Å². The van der Waals surface area contributed by atoms with Crippen molar-refractivity contribution in [3.63, 3.8) is 0 Å². The van der Waals surface area contributed by atoms with Crippen LogP contribution in [0.3, 0.4) is 0 Å². The molecule has 0 amide bonds. The Morgan fingerprint density at radius 3 is 2.24 bits per heavy atom. The highest BCUT2D eigenvalue weighted by Gasteiger charge is 2.17. The lowest BCUT2D eigenvalue weighted by atomic mass is 10.0. The average Bonchev–Trinajstić information content (AvgIpc) is 2.63. The second-order valence-electron chi connectivity index (χ2n) is 6.37. The van der Waals surface area contributed by atoms with Crippen LogP contribution in [0.1, 0.15) is 52.9 Å². The van der Waals surface area contributed by atoms with E-state index in [1.54, 1.807) is 6.08 Å². The van der Waals surface area contributed by atoms with Gasteiger partial charge in [-0.1, -0.05) is 46.1 Å². The Morgan fingerprint density at radius 2 is 1.64 bits per heavy atom. The molecule has 0 heterocycles. The minimum Gasteiger partial charge on any atom is -0.394 e. The second-order valence-corrected chi connectivity index (χ2v) is 6.37. The fraction of sp³-hybridized carbons (Fsp3) is 0.900. The first-order valence-electron chi connectivity index (χ1n) is 9.82. The Morgan fingerprint density at radius 1 is 0.920 bits per heavy atom. The number of ether oxygens (including phenoxy) is 4. The molecule has 150 valence electrons.